The number of rotatable bonds is 4. The van der Waals surface area contributed by atoms with Crippen LogP contribution in [-0.2, 0) is 13.0 Å². The van der Waals surface area contributed by atoms with E-state index in [4.69, 9.17) is 0 Å². The molecule has 0 saturated heterocycles. The zero-order chi connectivity index (χ0) is 12.1. The van der Waals surface area contributed by atoms with Gasteiger partial charge in [0.2, 0.25) is 0 Å². The van der Waals surface area contributed by atoms with Crippen molar-refractivity contribution in [1.82, 2.24) is 9.97 Å². The van der Waals surface area contributed by atoms with E-state index in [1.807, 2.05) is 12.1 Å². The van der Waals surface area contributed by atoms with Crippen molar-refractivity contribution in [2.45, 2.75) is 19.9 Å². The first-order chi connectivity index (χ1) is 8.31. The lowest BCUT2D eigenvalue weighted by molar-refractivity contribution is 1.02. The highest BCUT2D eigenvalue weighted by Gasteiger charge is 2.02. The van der Waals surface area contributed by atoms with Gasteiger partial charge in [-0.15, -0.1) is 0 Å². The average molecular weight is 229 g/mol. The van der Waals surface area contributed by atoms with Crippen LogP contribution >= 0.6 is 0 Å². The summed E-state index contributed by atoms with van der Waals surface area (Å²) in [6.07, 6.45) is 4.07. The van der Waals surface area contributed by atoms with E-state index in [-0.39, 0.29) is 5.56 Å². The van der Waals surface area contributed by atoms with Gasteiger partial charge < -0.3 is 10.3 Å². The third-order valence-electron chi connectivity index (χ3n) is 2.65. The summed E-state index contributed by atoms with van der Waals surface area (Å²) in [5, 5.41) is 3.05. The number of aromatic amines is 1. The van der Waals surface area contributed by atoms with Gasteiger partial charge in [0, 0.05) is 18.9 Å². The summed E-state index contributed by atoms with van der Waals surface area (Å²) < 4.78 is 0. The van der Waals surface area contributed by atoms with Crippen molar-refractivity contribution in [1.29, 1.82) is 0 Å². The number of aromatic nitrogens is 2. The van der Waals surface area contributed by atoms with Crippen molar-refractivity contribution < 1.29 is 0 Å². The Kier molecular flexibility index (Phi) is 3.55. The fourth-order valence-corrected chi connectivity index (χ4v) is 1.73. The van der Waals surface area contributed by atoms with Crippen molar-refractivity contribution >= 4 is 5.82 Å². The van der Waals surface area contributed by atoms with Crippen LogP contribution in [0.15, 0.2) is 41.5 Å². The Bertz CT molecular complexity index is 548. The molecule has 4 nitrogen and oxygen atoms in total. The van der Waals surface area contributed by atoms with Crippen LogP contribution in [0, 0.1) is 0 Å². The van der Waals surface area contributed by atoms with Crippen molar-refractivity contribution in [2.75, 3.05) is 5.32 Å². The SMILES string of the molecule is CCc1ccccc1CNc1ncc[nH]c1=O. The second-order valence-corrected chi connectivity index (χ2v) is 3.74. The molecule has 1 aromatic carbocycles. The Morgan fingerprint density at radius 3 is 2.76 bits per heavy atom. The number of hydrogen-bond acceptors (Lipinski definition) is 3. The molecule has 2 aromatic rings. The van der Waals surface area contributed by atoms with Gasteiger partial charge in [0.05, 0.1) is 0 Å². The number of H-pyrrole nitrogens is 1. The third-order valence-corrected chi connectivity index (χ3v) is 2.65. The van der Waals surface area contributed by atoms with E-state index in [2.05, 4.69) is 34.3 Å². The predicted octanol–water partition coefficient (Wildman–Crippen LogP) is 1.94. The van der Waals surface area contributed by atoms with Gasteiger partial charge in [-0.25, -0.2) is 4.98 Å². The molecule has 2 rings (SSSR count). The Morgan fingerprint density at radius 1 is 1.29 bits per heavy atom. The van der Waals surface area contributed by atoms with Gasteiger partial charge in [-0.1, -0.05) is 31.2 Å². The minimum Gasteiger partial charge on any atom is -0.361 e. The van der Waals surface area contributed by atoms with E-state index in [0.717, 1.165) is 6.42 Å². The summed E-state index contributed by atoms with van der Waals surface area (Å²) in [5.74, 6) is 0.360. The number of nitrogens with one attached hydrogen (secondary N) is 2. The largest absolute Gasteiger partial charge is 0.361 e. The fourth-order valence-electron chi connectivity index (χ4n) is 1.73. The van der Waals surface area contributed by atoms with Crippen LogP contribution in [0.2, 0.25) is 0 Å². The molecule has 0 bridgehead atoms. The summed E-state index contributed by atoms with van der Waals surface area (Å²) >= 11 is 0. The number of aryl methyl sites for hydroxylation is 1. The summed E-state index contributed by atoms with van der Waals surface area (Å²) in [5.41, 5.74) is 2.29. The maximum absolute atomic E-state index is 11.4. The summed E-state index contributed by atoms with van der Waals surface area (Å²) in [6.45, 7) is 2.73. The summed E-state index contributed by atoms with van der Waals surface area (Å²) in [6, 6.07) is 8.18. The molecule has 0 atom stereocenters. The summed E-state index contributed by atoms with van der Waals surface area (Å²) in [7, 11) is 0. The van der Waals surface area contributed by atoms with Gasteiger partial charge in [-0.05, 0) is 17.5 Å². The Morgan fingerprint density at radius 2 is 2.06 bits per heavy atom. The smallest absolute Gasteiger partial charge is 0.290 e. The zero-order valence-corrected chi connectivity index (χ0v) is 9.73. The molecule has 0 aliphatic carbocycles. The van der Waals surface area contributed by atoms with Crippen LogP contribution in [0.25, 0.3) is 0 Å². The molecule has 0 spiro atoms. The standard InChI is InChI=1S/C13H15N3O/c1-2-10-5-3-4-6-11(10)9-16-12-13(17)15-8-7-14-12/h3-8H,2,9H2,1H3,(H,14,16)(H,15,17). The number of benzene rings is 1. The van der Waals surface area contributed by atoms with Gasteiger partial charge in [-0.3, -0.25) is 4.79 Å². The molecule has 88 valence electrons. The molecule has 0 saturated carbocycles. The normalized spacial score (nSPS) is 10.2. The highest BCUT2D eigenvalue weighted by atomic mass is 16.1. The van der Waals surface area contributed by atoms with Gasteiger partial charge >= 0.3 is 0 Å². The molecular formula is C13H15N3O. The molecule has 0 aliphatic rings. The molecule has 0 fully saturated rings. The fraction of sp³-hybridized carbons (Fsp3) is 0.231. The van der Waals surface area contributed by atoms with Crippen molar-refractivity contribution in [3.05, 3.63) is 58.1 Å². The second kappa shape index (κ2) is 5.30. The van der Waals surface area contributed by atoms with Crippen LogP contribution in [-0.4, -0.2) is 9.97 Å². The van der Waals surface area contributed by atoms with Crippen LogP contribution in [0.3, 0.4) is 0 Å². The summed E-state index contributed by atoms with van der Waals surface area (Å²) in [4.78, 5) is 18.0. The molecule has 0 radical (unpaired) electrons. The molecular weight excluding hydrogens is 214 g/mol. The van der Waals surface area contributed by atoms with Crippen LogP contribution in [0.1, 0.15) is 18.1 Å². The van der Waals surface area contributed by atoms with E-state index in [1.165, 1.54) is 17.3 Å². The van der Waals surface area contributed by atoms with Crippen LogP contribution < -0.4 is 10.9 Å². The molecule has 2 N–H and O–H groups in total. The van der Waals surface area contributed by atoms with Crippen molar-refractivity contribution in [2.24, 2.45) is 0 Å². The second-order valence-electron chi connectivity index (χ2n) is 3.74. The molecule has 4 heteroatoms. The first-order valence-corrected chi connectivity index (χ1v) is 5.65. The van der Waals surface area contributed by atoms with Crippen molar-refractivity contribution in [3.63, 3.8) is 0 Å². The molecule has 0 unspecified atom stereocenters. The molecule has 17 heavy (non-hydrogen) atoms. The van der Waals surface area contributed by atoms with Gasteiger partial charge in [0.15, 0.2) is 5.82 Å². The lowest BCUT2D eigenvalue weighted by atomic mass is 10.1. The zero-order valence-electron chi connectivity index (χ0n) is 9.73. The Hall–Kier alpha value is -2.10. The topological polar surface area (TPSA) is 57.8 Å². The minimum absolute atomic E-state index is 0.193. The Labute approximate surface area is 99.7 Å². The van der Waals surface area contributed by atoms with Gasteiger partial charge in [0.25, 0.3) is 5.56 Å². The number of anilines is 1. The molecule has 1 heterocycles. The average Bonchev–Trinajstić information content (AvgIpc) is 2.38. The van der Waals surface area contributed by atoms with Crippen LogP contribution in [0.4, 0.5) is 5.82 Å². The lowest BCUT2D eigenvalue weighted by Gasteiger charge is -2.08. The van der Waals surface area contributed by atoms with E-state index in [1.54, 1.807) is 6.20 Å². The van der Waals surface area contributed by atoms with Gasteiger partial charge in [0.1, 0.15) is 0 Å². The highest BCUT2D eigenvalue weighted by molar-refractivity contribution is 5.35. The maximum Gasteiger partial charge on any atom is 0.290 e. The molecule has 0 amide bonds. The minimum atomic E-state index is -0.193. The Balaban J connectivity index is 2.13. The molecule has 1 aromatic heterocycles. The maximum atomic E-state index is 11.4. The van der Waals surface area contributed by atoms with E-state index < -0.39 is 0 Å². The first-order valence-electron chi connectivity index (χ1n) is 5.65. The van der Waals surface area contributed by atoms with E-state index >= 15 is 0 Å². The highest BCUT2D eigenvalue weighted by Crippen LogP contribution is 2.10. The van der Waals surface area contributed by atoms with Crippen LogP contribution in [0.5, 0.6) is 0 Å². The first kappa shape index (κ1) is 11.4. The predicted molar refractivity (Wildman–Crippen MR) is 68.0 cm³/mol. The number of hydrogen-bond donors (Lipinski definition) is 2. The van der Waals surface area contributed by atoms with Gasteiger partial charge in [-0.2, -0.15) is 0 Å². The number of nitrogens with zero attached hydrogens (tertiary/aromatic N) is 1. The third kappa shape index (κ3) is 2.72. The lowest BCUT2D eigenvalue weighted by Crippen LogP contribution is -2.15. The van der Waals surface area contributed by atoms with E-state index in [0.29, 0.717) is 12.4 Å². The van der Waals surface area contributed by atoms with Crippen molar-refractivity contribution in [3.8, 4) is 0 Å². The monoisotopic (exact) mass is 229 g/mol. The quantitative estimate of drug-likeness (QED) is 0.842. The molecule has 0 aliphatic heterocycles. The van der Waals surface area contributed by atoms with E-state index in [9.17, 15) is 4.79 Å².